The molecule has 0 radical (unpaired) electrons. The number of benzene rings is 1. The third-order valence-corrected chi connectivity index (χ3v) is 7.61. The van der Waals surface area contributed by atoms with Gasteiger partial charge in [-0.25, -0.2) is 0 Å². The Kier molecular flexibility index (Phi) is 4.92. The van der Waals surface area contributed by atoms with Crippen LogP contribution in [-0.2, 0) is 16.8 Å². The maximum Gasteiger partial charge on any atom is 0.223 e. The second-order valence-electron chi connectivity index (χ2n) is 9.97. The summed E-state index contributed by atoms with van der Waals surface area (Å²) < 4.78 is 5.45. The number of ether oxygens (including phenoxy) is 1. The first-order valence-electron chi connectivity index (χ1n) is 11.8. The summed E-state index contributed by atoms with van der Waals surface area (Å²) >= 11 is 0. The van der Waals surface area contributed by atoms with Crippen LogP contribution < -0.4 is 4.74 Å². The lowest BCUT2D eigenvalue weighted by molar-refractivity contribution is -0.139. The molecule has 1 spiro atoms. The number of aliphatic hydroxyl groups is 1. The number of aromatic nitrogens is 2. The van der Waals surface area contributed by atoms with Crippen LogP contribution in [0.3, 0.4) is 0 Å². The van der Waals surface area contributed by atoms with E-state index in [4.69, 9.17) is 4.74 Å². The van der Waals surface area contributed by atoms with E-state index in [1.807, 2.05) is 29.4 Å². The monoisotopic (exact) mass is 446 g/mol. The predicted molar refractivity (Wildman–Crippen MR) is 125 cm³/mol. The Morgan fingerprint density at radius 2 is 2.00 bits per heavy atom. The summed E-state index contributed by atoms with van der Waals surface area (Å²) in [6.45, 7) is 3.21. The zero-order chi connectivity index (χ0) is 22.6. The van der Waals surface area contributed by atoms with Crippen LogP contribution in [0.15, 0.2) is 42.7 Å². The lowest BCUT2D eigenvalue weighted by Gasteiger charge is -2.56. The maximum absolute atomic E-state index is 13.3. The van der Waals surface area contributed by atoms with E-state index in [2.05, 4.69) is 33.1 Å². The normalized spacial score (nSPS) is 21.8. The number of aromatic amines is 1. The number of hydrogen-bond donors (Lipinski definition) is 2. The number of carbonyl (C=O) groups is 1. The molecule has 3 aliphatic rings. The molecule has 6 rings (SSSR count). The number of nitrogens with one attached hydrogen (secondary N) is 1. The molecule has 2 aromatic heterocycles. The number of nitrogens with zero attached hydrogens (tertiary/aromatic N) is 3. The predicted octanol–water partition coefficient (Wildman–Crippen LogP) is 3.00. The highest BCUT2D eigenvalue weighted by Gasteiger charge is 2.53. The lowest BCUT2D eigenvalue weighted by Crippen LogP contribution is -2.66. The number of amides is 1. The molecule has 1 amide bonds. The number of fused-ring (bicyclic) bond motifs is 4. The van der Waals surface area contributed by atoms with Gasteiger partial charge in [-0.3, -0.25) is 14.7 Å². The first-order valence-corrected chi connectivity index (χ1v) is 11.8. The molecule has 172 valence electrons. The number of carbonyl (C=O) groups excluding carboxylic acids is 1. The fraction of sp³-hybridized carbons (Fsp3) is 0.462. The number of methoxy groups -OCH3 is 1. The highest BCUT2D eigenvalue weighted by atomic mass is 16.5. The number of likely N-dealkylation sites (tertiary alicyclic amines) is 1. The third kappa shape index (κ3) is 3.50. The second-order valence-corrected chi connectivity index (χ2v) is 9.97. The molecule has 7 nitrogen and oxygen atoms in total. The molecule has 33 heavy (non-hydrogen) atoms. The van der Waals surface area contributed by atoms with E-state index in [-0.39, 0.29) is 24.0 Å². The molecular weight excluding hydrogens is 416 g/mol. The minimum absolute atomic E-state index is 0.0792. The van der Waals surface area contributed by atoms with Crippen LogP contribution in [0, 0.1) is 5.92 Å². The first kappa shape index (κ1) is 20.7. The van der Waals surface area contributed by atoms with Gasteiger partial charge < -0.3 is 19.7 Å². The van der Waals surface area contributed by atoms with Gasteiger partial charge in [0.1, 0.15) is 5.75 Å². The molecule has 2 N–H and O–H groups in total. The fourth-order valence-electron chi connectivity index (χ4n) is 5.88. The molecule has 3 aromatic rings. The number of rotatable bonds is 6. The Hall–Kier alpha value is -2.90. The van der Waals surface area contributed by atoms with Gasteiger partial charge in [0, 0.05) is 73.1 Å². The van der Waals surface area contributed by atoms with Crippen LogP contribution in [-0.4, -0.2) is 64.1 Å². The van der Waals surface area contributed by atoms with Gasteiger partial charge in [-0.15, -0.1) is 0 Å². The molecule has 7 heteroatoms. The Morgan fingerprint density at radius 3 is 2.70 bits per heavy atom. The van der Waals surface area contributed by atoms with E-state index < -0.39 is 0 Å². The summed E-state index contributed by atoms with van der Waals surface area (Å²) in [4.78, 5) is 25.4. The van der Waals surface area contributed by atoms with Crippen molar-refractivity contribution in [2.24, 2.45) is 5.92 Å². The average molecular weight is 447 g/mol. The molecule has 2 aliphatic heterocycles. The van der Waals surface area contributed by atoms with Gasteiger partial charge in [-0.1, -0.05) is 0 Å². The minimum Gasteiger partial charge on any atom is -0.497 e. The topological polar surface area (TPSA) is 81.7 Å². The van der Waals surface area contributed by atoms with Crippen molar-refractivity contribution in [1.29, 1.82) is 0 Å². The molecule has 2 fully saturated rings. The van der Waals surface area contributed by atoms with Crippen molar-refractivity contribution >= 4 is 16.8 Å². The highest BCUT2D eigenvalue weighted by Crippen LogP contribution is 2.49. The van der Waals surface area contributed by atoms with Crippen molar-refractivity contribution in [3.63, 3.8) is 0 Å². The SMILES string of the molecule is COc1ccc2c3c([nH]c2c1)[C@@H](CO)N(C(=O)CC1CC1)CC31CN(Cc2ccncc2)C1. The molecule has 1 aromatic carbocycles. The Bertz CT molecular complexity index is 1180. The van der Waals surface area contributed by atoms with Crippen molar-refractivity contribution in [2.75, 3.05) is 33.4 Å². The second kappa shape index (κ2) is 7.85. The van der Waals surface area contributed by atoms with Gasteiger partial charge in [0.05, 0.1) is 19.8 Å². The van der Waals surface area contributed by atoms with E-state index >= 15 is 0 Å². The number of hydrogen-bond acceptors (Lipinski definition) is 5. The van der Waals surface area contributed by atoms with Crippen LogP contribution in [0.25, 0.3) is 10.9 Å². The van der Waals surface area contributed by atoms with Crippen LogP contribution in [0.1, 0.15) is 42.1 Å². The van der Waals surface area contributed by atoms with Crippen LogP contribution in [0.2, 0.25) is 0 Å². The molecule has 0 unspecified atom stereocenters. The lowest BCUT2D eigenvalue weighted by atomic mass is 9.68. The third-order valence-electron chi connectivity index (χ3n) is 7.61. The van der Waals surface area contributed by atoms with E-state index in [1.165, 1.54) is 16.5 Å². The summed E-state index contributed by atoms with van der Waals surface area (Å²) in [5, 5.41) is 11.6. The minimum atomic E-state index is -0.329. The Labute approximate surface area is 193 Å². The van der Waals surface area contributed by atoms with Crippen molar-refractivity contribution in [1.82, 2.24) is 19.8 Å². The molecule has 0 bridgehead atoms. The quantitative estimate of drug-likeness (QED) is 0.608. The molecular formula is C26H30N4O3. The first-order chi connectivity index (χ1) is 16.1. The van der Waals surface area contributed by atoms with E-state index in [9.17, 15) is 9.90 Å². The summed E-state index contributed by atoms with van der Waals surface area (Å²) in [6.07, 6.45) is 6.55. The summed E-state index contributed by atoms with van der Waals surface area (Å²) in [5.41, 5.74) is 4.36. The van der Waals surface area contributed by atoms with Gasteiger partial charge in [0.2, 0.25) is 5.91 Å². The largest absolute Gasteiger partial charge is 0.497 e. The summed E-state index contributed by atoms with van der Waals surface area (Å²) in [7, 11) is 1.67. The highest BCUT2D eigenvalue weighted by molar-refractivity contribution is 5.89. The van der Waals surface area contributed by atoms with Gasteiger partial charge >= 0.3 is 0 Å². The maximum atomic E-state index is 13.3. The van der Waals surface area contributed by atoms with Crippen molar-refractivity contribution in [2.45, 2.75) is 37.3 Å². The van der Waals surface area contributed by atoms with E-state index in [0.717, 1.165) is 49.4 Å². The zero-order valence-electron chi connectivity index (χ0n) is 19.0. The van der Waals surface area contributed by atoms with Crippen LogP contribution in [0.5, 0.6) is 5.75 Å². The standard InChI is InChI=1S/C26H30N4O3/c1-33-19-4-5-20-21(11-19)28-25-22(13-31)30(23(32)10-17-2-3-17)16-26(24(20)25)14-29(15-26)12-18-6-8-27-9-7-18/h4-9,11,17,22,28,31H,2-3,10,12-16H2,1H3/t22-/m1/s1. The van der Waals surface area contributed by atoms with Crippen LogP contribution >= 0.6 is 0 Å². The summed E-state index contributed by atoms with van der Waals surface area (Å²) in [6, 6.07) is 9.91. The molecule has 1 aliphatic carbocycles. The average Bonchev–Trinajstić information content (AvgIpc) is 3.54. The van der Waals surface area contributed by atoms with Gasteiger partial charge in [-0.2, -0.15) is 0 Å². The Balaban J connectivity index is 1.38. The summed E-state index contributed by atoms with van der Waals surface area (Å²) in [5.74, 6) is 1.49. The van der Waals surface area contributed by atoms with Gasteiger partial charge in [0.15, 0.2) is 0 Å². The van der Waals surface area contributed by atoms with E-state index in [0.29, 0.717) is 18.9 Å². The van der Waals surface area contributed by atoms with Crippen molar-refractivity contribution < 1.29 is 14.6 Å². The zero-order valence-corrected chi connectivity index (χ0v) is 19.0. The number of H-pyrrole nitrogens is 1. The smallest absolute Gasteiger partial charge is 0.223 e. The molecule has 1 atom stereocenters. The molecule has 1 saturated carbocycles. The van der Waals surface area contributed by atoms with Crippen LogP contribution in [0.4, 0.5) is 0 Å². The van der Waals surface area contributed by atoms with Gasteiger partial charge in [-0.05, 0) is 54.2 Å². The fourth-order valence-corrected chi connectivity index (χ4v) is 5.88. The molecule has 1 saturated heterocycles. The number of aliphatic hydroxyl groups excluding tert-OH is 1. The van der Waals surface area contributed by atoms with Crippen molar-refractivity contribution in [3.05, 3.63) is 59.5 Å². The van der Waals surface area contributed by atoms with Gasteiger partial charge in [0.25, 0.3) is 0 Å². The van der Waals surface area contributed by atoms with E-state index in [1.54, 1.807) is 7.11 Å². The van der Waals surface area contributed by atoms with Crippen molar-refractivity contribution in [3.8, 4) is 5.75 Å². The Morgan fingerprint density at radius 1 is 1.21 bits per heavy atom. The molecule has 4 heterocycles. The number of pyridine rings is 1.